The molecule has 1 N–H and O–H groups in total. The van der Waals surface area contributed by atoms with Crippen LogP contribution in [0, 0.1) is 12.7 Å². The molecular formula is C8H7FN6O2S. The molecule has 10 heteroatoms. The van der Waals surface area contributed by atoms with Crippen molar-refractivity contribution in [2.75, 3.05) is 0 Å². The number of aliphatic carboxylic acids is 1. The zero-order chi connectivity index (χ0) is 13.1. The molecule has 2 aromatic heterocycles. The topological polar surface area (TPSA) is 107 Å². The molecule has 0 aliphatic rings. The summed E-state index contributed by atoms with van der Waals surface area (Å²) in [5, 5.41) is 19.3. The Balaban J connectivity index is 2.26. The van der Waals surface area contributed by atoms with Gasteiger partial charge in [0.05, 0.1) is 5.69 Å². The Hall–Kier alpha value is -2.10. The number of tetrazole rings is 1. The van der Waals surface area contributed by atoms with E-state index in [0.717, 1.165) is 16.4 Å². The highest BCUT2D eigenvalue weighted by molar-refractivity contribution is 7.99. The average molecular weight is 270 g/mol. The molecule has 0 spiro atoms. The summed E-state index contributed by atoms with van der Waals surface area (Å²) in [5.41, 5.74) is 0.199. The number of nitrogens with zero attached hydrogens (tertiary/aromatic N) is 6. The van der Waals surface area contributed by atoms with Crippen LogP contribution in [0.1, 0.15) is 5.69 Å². The molecule has 0 saturated heterocycles. The minimum atomic E-state index is -1.09. The molecule has 0 fully saturated rings. The van der Waals surface area contributed by atoms with Gasteiger partial charge in [0, 0.05) is 0 Å². The average Bonchev–Trinajstić information content (AvgIpc) is 2.72. The van der Waals surface area contributed by atoms with Gasteiger partial charge < -0.3 is 5.11 Å². The number of carbonyl (C=O) groups is 1. The highest BCUT2D eigenvalue weighted by Crippen LogP contribution is 2.26. The second kappa shape index (κ2) is 5.04. The van der Waals surface area contributed by atoms with Gasteiger partial charge >= 0.3 is 5.97 Å². The van der Waals surface area contributed by atoms with Crippen molar-refractivity contribution in [3.8, 4) is 0 Å². The van der Waals surface area contributed by atoms with E-state index in [-0.39, 0.29) is 15.9 Å². The van der Waals surface area contributed by atoms with E-state index in [1.54, 1.807) is 0 Å². The number of carboxylic acid groups (broad SMARTS) is 1. The Bertz CT molecular complexity index is 589. The molecule has 0 saturated carbocycles. The minimum absolute atomic E-state index is 0.0453. The molecule has 0 amide bonds. The normalized spacial score (nSPS) is 10.6. The molecule has 0 unspecified atom stereocenters. The molecule has 18 heavy (non-hydrogen) atoms. The van der Waals surface area contributed by atoms with E-state index in [9.17, 15) is 9.18 Å². The second-order valence-electron chi connectivity index (χ2n) is 3.19. The van der Waals surface area contributed by atoms with Crippen molar-refractivity contribution < 1.29 is 14.3 Å². The van der Waals surface area contributed by atoms with Gasteiger partial charge in [0.1, 0.15) is 17.9 Å². The van der Waals surface area contributed by atoms with Crippen LogP contribution < -0.4 is 0 Å². The Morgan fingerprint density at radius 2 is 2.33 bits per heavy atom. The predicted octanol–water partition coefficient (Wildman–Crippen LogP) is 0.146. The number of carboxylic acids is 1. The lowest BCUT2D eigenvalue weighted by molar-refractivity contribution is -0.138. The lowest BCUT2D eigenvalue weighted by Gasteiger charge is -2.02. The maximum Gasteiger partial charge on any atom is 0.325 e. The van der Waals surface area contributed by atoms with Crippen LogP contribution in [0.15, 0.2) is 16.5 Å². The van der Waals surface area contributed by atoms with Crippen LogP contribution in [-0.2, 0) is 11.3 Å². The largest absolute Gasteiger partial charge is 0.480 e. The zero-order valence-corrected chi connectivity index (χ0v) is 9.93. The summed E-state index contributed by atoms with van der Waals surface area (Å²) in [7, 11) is 0. The fourth-order valence-corrected chi connectivity index (χ4v) is 1.88. The summed E-state index contributed by atoms with van der Waals surface area (Å²) in [4.78, 5) is 18.0. The van der Waals surface area contributed by atoms with E-state index in [1.807, 2.05) is 0 Å². The summed E-state index contributed by atoms with van der Waals surface area (Å²) < 4.78 is 14.7. The smallest absolute Gasteiger partial charge is 0.325 e. The fourth-order valence-electron chi connectivity index (χ4n) is 1.09. The van der Waals surface area contributed by atoms with Crippen LogP contribution in [0.4, 0.5) is 4.39 Å². The van der Waals surface area contributed by atoms with Gasteiger partial charge in [-0.1, -0.05) is 0 Å². The van der Waals surface area contributed by atoms with Gasteiger partial charge in [-0.05, 0) is 29.1 Å². The number of aromatic nitrogens is 6. The quantitative estimate of drug-likeness (QED) is 0.782. The van der Waals surface area contributed by atoms with Gasteiger partial charge in [0.2, 0.25) is 5.16 Å². The van der Waals surface area contributed by atoms with Crippen LogP contribution in [-0.4, -0.2) is 41.3 Å². The second-order valence-corrected chi connectivity index (χ2v) is 4.15. The first-order valence-electron chi connectivity index (χ1n) is 4.71. The summed E-state index contributed by atoms with van der Waals surface area (Å²) in [6.45, 7) is 1.10. The predicted molar refractivity (Wildman–Crippen MR) is 56.3 cm³/mol. The Kier molecular flexibility index (Phi) is 3.46. The van der Waals surface area contributed by atoms with E-state index in [1.165, 1.54) is 13.3 Å². The van der Waals surface area contributed by atoms with E-state index < -0.39 is 18.3 Å². The third kappa shape index (κ3) is 2.59. The molecule has 0 atom stereocenters. The Labute approximate surface area is 104 Å². The van der Waals surface area contributed by atoms with Crippen LogP contribution >= 0.6 is 11.8 Å². The lowest BCUT2D eigenvalue weighted by atomic mass is 10.4. The van der Waals surface area contributed by atoms with Crippen molar-refractivity contribution in [3.05, 3.63) is 17.8 Å². The maximum atomic E-state index is 13.6. The molecular weight excluding hydrogens is 263 g/mol. The van der Waals surface area contributed by atoms with Crippen molar-refractivity contribution in [2.45, 2.75) is 23.7 Å². The van der Waals surface area contributed by atoms with E-state index >= 15 is 0 Å². The third-order valence-corrected chi connectivity index (χ3v) is 2.86. The zero-order valence-electron chi connectivity index (χ0n) is 9.11. The molecule has 2 rings (SSSR count). The van der Waals surface area contributed by atoms with E-state index in [4.69, 9.17) is 5.11 Å². The van der Waals surface area contributed by atoms with Crippen LogP contribution in [0.25, 0.3) is 0 Å². The number of hydrogen-bond acceptors (Lipinski definition) is 7. The van der Waals surface area contributed by atoms with Gasteiger partial charge in [-0.2, -0.15) is 0 Å². The van der Waals surface area contributed by atoms with Crippen molar-refractivity contribution in [1.29, 1.82) is 0 Å². The molecule has 2 heterocycles. The first-order chi connectivity index (χ1) is 8.58. The minimum Gasteiger partial charge on any atom is -0.480 e. The van der Waals surface area contributed by atoms with Crippen LogP contribution in [0.5, 0.6) is 0 Å². The number of halogens is 1. The highest BCUT2D eigenvalue weighted by atomic mass is 32.2. The molecule has 0 bridgehead atoms. The third-order valence-electron chi connectivity index (χ3n) is 1.90. The maximum absolute atomic E-state index is 13.6. The summed E-state index contributed by atoms with van der Waals surface area (Å²) in [6, 6.07) is 0. The van der Waals surface area contributed by atoms with Crippen LogP contribution in [0.2, 0.25) is 0 Å². The number of hydrogen-bond donors (Lipinski definition) is 1. The Morgan fingerprint density at radius 3 is 3.06 bits per heavy atom. The fraction of sp³-hybridized carbons (Fsp3) is 0.250. The highest BCUT2D eigenvalue weighted by Gasteiger charge is 2.15. The number of aryl methyl sites for hydroxylation is 1. The monoisotopic (exact) mass is 270 g/mol. The molecule has 0 aliphatic carbocycles. The van der Waals surface area contributed by atoms with E-state index in [2.05, 4.69) is 25.5 Å². The van der Waals surface area contributed by atoms with Gasteiger partial charge in [0.25, 0.3) is 0 Å². The van der Waals surface area contributed by atoms with Crippen molar-refractivity contribution in [2.24, 2.45) is 0 Å². The molecule has 0 aliphatic heterocycles. The summed E-state index contributed by atoms with van der Waals surface area (Å²) in [5.74, 6) is -1.67. The van der Waals surface area contributed by atoms with Crippen LogP contribution in [0.3, 0.4) is 0 Å². The first kappa shape index (κ1) is 12.4. The Morgan fingerprint density at radius 1 is 1.56 bits per heavy atom. The van der Waals surface area contributed by atoms with Gasteiger partial charge in [0.15, 0.2) is 5.82 Å². The van der Waals surface area contributed by atoms with Crippen molar-refractivity contribution in [1.82, 2.24) is 30.2 Å². The van der Waals surface area contributed by atoms with Gasteiger partial charge in [-0.25, -0.2) is 19.0 Å². The molecule has 0 radical (unpaired) electrons. The molecule has 94 valence electrons. The van der Waals surface area contributed by atoms with Gasteiger partial charge in [-0.15, -0.1) is 5.10 Å². The summed E-state index contributed by atoms with van der Waals surface area (Å²) >= 11 is 0.841. The molecule has 0 aromatic carbocycles. The molecule has 2 aromatic rings. The van der Waals surface area contributed by atoms with Crippen molar-refractivity contribution >= 4 is 17.7 Å². The standard InChI is InChI=1S/C8H7FN6O2S/c1-4-6(9)7(11-3-10-4)18-8-12-13-14-15(8)2-5(16)17/h3H,2H2,1H3,(H,16,17). The molecule has 8 nitrogen and oxygen atoms in total. The van der Waals surface area contributed by atoms with Crippen molar-refractivity contribution in [3.63, 3.8) is 0 Å². The first-order valence-corrected chi connectivity index (χ1v) is 5.52. The van der Waals surface area contributed by atoms with Gasteiger partial charge in [-0.3, -0.25) is 4.79 Å². The summed E-state index contributed by atoms with van der Waals surface area (Å²) in [6.07, 6.45) is 1.21. The van der Waals surface area contributed by atoms with E-state index in [0.29, 0.717) is 0 Å². The SMILES string of the molecule is Cc1ncnc(Sc2nnnn2CC(=O)O)c1F. The lowest BCUT2D eigenvalue weighted by Crippen LogP contribution is -2.11. The number of rotatable bonds is 4.